The Hall–Kier alpha value is -2.02. The summed E-state index contributed by atoms with van der Waals surface area (Å²) < 4.78 is 65.1. The average Bonchev–Trinajstić information content (AvgIpc) is 2.38. The Bertz CT molecular complexity index is 755. The summed E-state index contributed by atoms with van der Waals surface area (Å²) in [5.41, 5.74) is -1.06. The summed E-state index contributed by atoms with van der Waals surface area (Å²) in [6.07, 6.45) is -4.63. The molecule has 0 aliphatic carbocycles. The molecule has 0 aromatic heterocycles. The topological polar surface area (TPSA) is 46.2 Å². The standard InChI is InChI=1S/C14H12F3NO2S/c1-10-6-2-5-9-13(10)21(19,20)18-12-8-4-3-7-11(12)14(15,16)17/h2-9,18H,1H3. The number of alkyl halides is 3. The lowest BCUT2D eigenvalue weighted by atomic mass is 10.2. The van der Waals surface area contributed by atoms with Crippen LogP contribution in [0.15, 0.2) is 53.4 Å². The lowest BCUT2D eigenvalue weighted by Gasteiger charge is -2.15. The summed E-state index contributed by atoms with van der Waals surface area (Å²) in [6.45, 7) is 1.57. The van der Waals surface area contributed by atoms with E-state index in [1.807, 2.05) is 4.72 Å². The number of halogens is 3. The zero-order chi connectivity index (χ0) is 15.7. The van der Waals surface area contributed by atoms with Crippen LogP contribution in [0.4, 0.5) is 18.9 Å². The van der Waals surface area contributed by atoms with Crippen molar-refractivity contribution in [3.63, 3.8) is 0 Å². The van der Waals surface area contributed by atoms with Crippen LogP contribution in [0.5, 0.6) is 0 Å². The summed E-state index contributed by atoms with van der Waals surface area (Å²) in [5.74, 6) is 0. The van der Waals surface area contributed by atoms with E-state index < -0.39 is 27.5 Å². The zero-order valence-corrected chi connectivity index (χ0v) is 11.8. The van der Waals surface area contributed by atoms with Gasteiger partial charge >= 0.3 is 6.18 Å². The molecule has 2 aromatic carbocycles. The number of benzene rings is 2. The quantitative estimate of drug-likeness (QED) is 0.936. The molecule has 0 aliphatic rings. The molecule has 0 heterocycles. The summed E-state index contributed by atoms with van der Waals surface area (Å²) in [7, 11) is -4.08. The maximum atomic E-state index is 12.9. The molecule has 0 atom stereocenters. The zero-order valence-electron chi connectivity index (χ0n) is 11.0. The molecule has 2 rings (SSSR count). The van der Waals surface area contributed by atoms with E-state index in [-0.39, 0.29) is 4.90 Å². The second-order valence-electron chi connectivity index (χ2n) is 4.41. The number of hydrogen-bond acceptors (Lipinski definition) is 2. The van der Waals surface area contributed by atoms with Crippen molar-refractivity contribution in [2.45, 2.75) is 18.0 Å². The number of nitrogens with one attached hydrogen (secondary N) is 1. The van der Waals surface area contributed by atoms with Crippen LogP contribution in [-0.4, -0.2) is 8.42 Å². The van der Waals surface area contributed by atoms with E-state index in [0.29, 0.717) is 5.56 Å². The van der Waals surface area contributed by atoms with Crippen LogP contribution in [0.2, 0.25) is 0 Å². The number of para-hydroxylation sites is 1. The highest BCUT2D eigenvalue weighted by molar-refractivity contribution is 7.92. The normalized spacial score (nSPS) is 12.2. The summed E-state index contributed by atoms with van der Waals surface area (Å²) in [4.78, 5) is -0.0537. The molecule has 0 saturated heterocycles. The molecule has 112 valence electrons. The van der Waals surface area contributed by atoms with Crippen molar-refractivity contribution in [3.05, 3.63) is 59.7 Å². The molecule has 0 radical (unpaired) electrons. The van der Waals surface area contributed by atoms with Crippen LogP contribution in [-0.2, 0) is 16.2 Å². The van der Waals surface area contributed by atoms with Gasteiger partial charge in [-0.15, -0.1) is 0 Å². The fraction of sp³-hybridized carbons (Fsp3) is 0.143. The largest absolute Gasteiger partial charge is 0.418 e. The first-order valence-corrected chi connectivity index (χ1v) is 7.45. The van der Waals surface area contributed by atoms with Gasteiger partial charge in [0.1, 0.15) is 0 Å². The molecular formula is C14H12F3NO2S. The molecule has 3 nitrogen and oxygen atoms in total. The van der Waals surface area contributed by atoms with Crippen molar-refractivity contribution in [1.29, 1.82) is 0 Å². The molecule has 0 unspecified atom stereocenters. The van der Waals surface area contributed by atoms with Crippen molar-refractivity contribution < 1.29 is 21.6 Å². The third kappa shape index (κ3) is 3.36. The monoisotopic (exact) mass is 315 g/mol. The smallest absolute Gasteiger partial charge is 0.279 e. The van der Waals surface area contributed by atoms with E-state index in [2.05, 4.69) is 0 Å². The minimum atomic E-state index is -4.63. The summed E-state index contributed by atoms with van der Waals surface area (Å²) in [6, 6.07) is 10.5. The van der Waals surface area contributed by atoms with Crippen molar-refractivity contribution in [2.24, 2.45) is 0 Å². The van der Waals surface area contributed by atoms with E-state index in [1.54, 1.807) is 19.1 Å². The van der Waals surface area contributed by atoms with Crippen LogP contribution in [0, 0.1) is 6.92 Å². The van der Waals surface area contributed by atoms with Crippen molar-refractivity contribution in [1.82, 2.24) is 0 Å². The van der Waals surface area contributed by atoms with Crippen LogP contribution in [0.1, 0.15) is 11.1 Å². The Kier molecular flexibility index (Phi) is 3.95. The maximum absolute atomic E-state index is 12.9. The van der Waals surface area contributed by atoms with E-state index in [4.69, 9.17) is 0 Å². The van der Waals surface area contributed by atoms with E-state index in [0.717, 1.165) is 12.1 Å². The van der Waals surface area contributed by atoms with Crippen molar-refractivity contribution in [3.8, 4) is 0 Å². The Morgan fingerprint density at radius 3 is 2.14 bits per heavy atom. The van der Waals surface area contributed by atoms with Gasteiger partial charge in [0.15, 0.2) is 0 Å². The molecule has 21 heavy (non-hydrogen) atoms. The van der Waals surface area contributed by atoms with Gasteiger partial charge < -0.3 is 0 Å². The lowest BCUT2D eigenvalue weighted by molar-refractivity contribution is -0.136. The number of anilines is 1. The van der Waals surface area contributed by atoms with E-state index >= 15 is 0 Å². The maximum Gasteiger partial charge on any atom is 0.418 e. The molecule has 2 aromatic rings. The molecule has 0 saturated carbocycles. The highest BCUT2D eigenvalue weighted by atomic mass is 32.2. The van der Waals surface area contributed by atoms with Gasteiger partial charge in [-0.05, 0) is 30.7 Å². The second-order valence-corrected chi connectivity index (χ2v) is 6.07. The van der Waals surface area contributed by atoms with Crippen LogP contribution >= 0.6 is 0 Å². The van der Waals surface area contributed by atoms with E-state index in [1.165, 1.54) is 24.3 Å². The summed E-state index contributed by atoms with van der Waals surface area (Å²) >= 11 is 0. The molecule has 0 spiro atoms. The number of hydrogen-bond donors (Lipinski definition) is 1. The van der Waals surface area contributed by atoms with Crippen molar-refractivity contribution in [2.75, 3.05) is 4.72 Å². The minimum Gasteiger partial charge on any atom is -0.279 e. The highest BCUT2D eigenvalue weighted by Gasteiger charge is 2.34. The number of rotatable bonds is 3. The van der Waals surface area contributed by atoms with Gasteiger partial charge in [-0.25, -0.2) is 8.42 Å². The van der Waals surface area contributed by atoms with Gasteiger partial charge in [0.2, 0.25) is 0 Å². The molecular weight excluding hydrogens is 303 g/mol. The minimum absolute atomic E-state index is 0.0537. The lowest BCUT2D eigenvalue weighted by Crippen LogP contribution is -2.17. The molecule has 1 N–H and O–H groups in total. The van der Waals surface area contributed by atoms with Gasteiger partial charge in [-0.1, -0.05) is 30.3 Å². The average molecular weight is 315 g/mol. The fourth-order valence-electron chi connectivity index (χ4n) is 1.88. The molecule has 0 amide bonds. The predicted octanol–water partition coefficient (Wildman–Crippen LogP) is 3.81. The molecule has 0 fully saturated rings. The van der Waals surface area contributed by atoms with Gasteiger partial charge in [-0.2, -0.15) is 13.2 Å². The third-order valence-electron chi connectivity index (χ3n) is 2.86. The third-order valence-corrected chi connectivity index (χ3v) is 4.39. The molecule has 0 aliphatic heterocycles. The van der Waals surface area contributed by atoms with Gasteiger partial charge in [0.25, 0.3) is 10.0 Å². The van der Waals surface area contributed by atoms with Gasteiger partial charge in [0.05, 0.1) is 16.1 Å². The van der Waals surface area contributed by atoms with E-state index in [9.17, 15) is 21.6 Å². The molecule has 0 bridgehead atoms. The highest BCUT2D eigenvalue weighted by Crippen LogP contribution is 2.35. The van der Waals surface area contributed by atoms with Gasteiger partial charge in [-0.3, -0.25) is 4.72 Å². The Labute approximate surface area is 120 Å². The Morgan fingerprint density at radius 2 is 1.52 bits per heavy atom. The number of aryl methyl sites for hydroxylation is 1. The van der Waals surface area contributed by atoms with Crippen LogP contribution in [0.25, 0.3) is 0 Å². The fourth-order valence-corrected chi connectivity index (χ4v) is 3.20. The first-order valence-electron chi connectivity index (χ1n) is 5.96. The predicted molar refractivity (Wildman–Crippen MR) is 73.4 cm³/mol. The van der Waals surface area contributed by atoms with Crippen molar-refractivity contribution >= 4 is 15.7 Å². The first-order chi connectivity index (χ1) is 9.72. The van der Waals surface area contributed by atoms with Crippen LogP contribution in [0.3, 0.4) is 0 Å². The second kappa shape index (κ2) is 5.40. The van der Waals surface area contributed by atoms with Gasteiger partial charge in [0, 0.05) is 0 Å². The summed E-state index contributed by atoms with van der Waals surface area (Å²) in [5, 5.41) is 0. The van der Waals surface area contributed by atoms with Crippen LogP contribution < -0.4 is 4.72 Å². The Morgan fingerprint density at radius 1 is 0.952 bits per heavy atom. The first kappa shape index (κ1) is 15.4. The number of sulfonamides is 1. The SMILES string of the molecule is Cc1ccccc1S(=O)(=O)Nc1ccccc1C(F)(F)F. The molecule has 7 heteroatoms. The Balaban J connectivity index is 2.46.